The minimum atomic E-state index is 0. The molecule has 0 aromatic carbocycles. The first-order valence-corrected chi connectivity index (χ1v) is 2.15. The fraction of sp³-hybridized carbons (Fsp3) is 0.400. The van der Waals surface area contributed by atoms with Crippen LogP contribution in [-0.4, -0.2) is 11.2 Å². The van der Waals surface area contributed by atoms with E-state index in [1.807, 2.05) is 6.21 Å². The molecule has 0 rings (SSSR count). The summed E-state index contributed by atoms with van der Waals surface area (Å²) in [7, 11) is 0. The Morgan fingerprint density at radius 1 is 1.67 bits per heavy atom. The van der Waals surface area contributed by atoms with Crippen LogP contribution < -0.4 is 5.73 Å². The second kappa shape index (κ2) is 24.0. The van der Waals surface area contributed by atoms with Crippen LogP contribution in [0, 0.1) is 12.8 Å². The van der Waals surface area contributed by atoms with Gasteiger partial charge in [-0.1, -0.05) is 12.2 Å². The van der Waals surface area contributed by atoms with E-state index >= 15 is 0 Å². The Morgan fingerprint density at radius 3 is 1.67 bits per heavy atom. The maximum atomic E-state index is 5.96. The Labute approximate surface area is 77.0 Å². The minimum Gasteiger partial charge on any atom is -0.519 e. The average Bonchev–Trinajstić information content (AvgIpc) is 1.33. The third-order valence-electron chi connectivity index (χ3n) is 0. The quantitative estimate of drug-likeness (QED) is 0.402. The normalized spacial score (nSPS) is 4.22. The van der Waals surface area contributed by atoms with Crippen LogP contribution in [0.2, 0.25) is 0 Å². The predicted molar refractivity (Wildman–Crippen MR) is 42.3 cm³/mol. The molecule has 0 saturated carbocycles. The Balaban J connectivity index is -0.0000000233. The SMILES string of the molecule is CC(N)=S.C[C-]=N.[CH3-].[W+2]. The molecule has 0 radical (unpaired) electrons. The van der Waals surface area contributed by atoms with Crippen LogP contribution in [0.3, 0.4) is 0 Å². The number of hydrogen-bond donors (Lipinski definition) is 2. The van der Waals surface area contributed by atoms with E-state index in [9.17, 15) is 0 Å². The molecule has 9 heavy (non-hydrogen) atoms. The van der Waals surface area contributed by atoms with Gasteiger partial charge in [-0.2, -0.15) is 6.92 Å². The van der Waals surface area contributed by atoms with Crippen LogP contribution in [0.15, 0.2) is 0 Å². The second-order valence-corrected chi connectivity index (χ2v) is 1.50. The summed E-state index contributed by atoms with van der Waals surface area (Å²) in [6, 6.07) is 0. The van der Waals surface area contributed by atoms with Gasteiger partial charge in [0.15, 0.2) is 0 Å². The number of nitrogens with one attached hydrogen (secondary N) is 1. The molecule has 0 amide bonds. The molecular formula is C5H12N2SW. The molecule has 4 heteroatoms. The Kier molecular flexibility index (Phi) is 60.9. The van der Waals surface area contributed by atoms with E-state index in [2.05, 4.69) is 12.2 Å². The third kappa shape index (κ3) is 5220. The molecule has 0 aromatic heterocycles. The van der Waals surface area contributed by atoms with E-state index in [0.29, 0.717) is 4.99 Å². The molecule has 0 atom stereocenters. The van der Waals surface area contributed by atoms with E-state index in [0.717, 1.165) is 0 Å². The van der Waals surface area contributed by atoms with Gasteiger partial charge >= 0.3 is 21.1 Å². The molecule has 0 aliphatic rings. The molecule has 0 unspecified atom stereocenters. The standard InChI is InChI=1S/C2H5NS.C2H4N.CH3.W/c1-2(3)4;1-2-3;;/h1H3,(H2,3,4);3H,1H3;1H3;/q;2*-1;+2. The number of thiocarbonyl (C=S) groups is 1. The molecule has 0 heterocycles. The zero-order chi connectivity index (χ0) is 6.28. The Bertz CT molecular complexity index is 62.0. The van der Waals surface area contributed by atoms with Gasteiger partial charge in [-0.05, 0) is 6.92 Å². The molecule has 2 nitrogen and oxygen atoms in total. The van der Waals surface area contributed by atoms with Crippen LogP contribution in [0.1, 0.15) is 13.8 Å². The fourth-order valence-corrected chi connectivity index (χ4v) is 0. The van der Waals surface area contributed by atoms with Gasteiger partial charge in [-0.15, -0.1) is 0 Å². The smallest absolute Gasteiger partial charge is 0.519 e. The number of hydrogen-bond acceptors (Lipinski definition) is 2. The first kappa shape index (κ1) is 22.8. The summed E-state index contributed by atoms with van der Waals surface area (Å²) in [4.78, 5) is 0.500. The summed E-state index contributed by atoms with van der Waals surface area (Å²) < 4.78 is 0. The van der Waals surface area contributed by atoms with Gasteiger partial charge in [0.1, 0.15) is 0 Å². The molecule has 0 spiro atoms. The number of rotatable bonds is 0. The van der Waals surface area contributed by atoms with Crippen molar-refractivity contribution in [3.05, 3.63) is 7.43 Å². The van der Waals surface area contributed by atoms with Crippen LogP contribution in [-0.2, 0) is 21.1 Å². The van der Waals surface area contributed by atoms with Crippen molar-refractivity contribution in [1.82, 2.24) is 0 Å². The Morgan fingerprint density at radius 2 is 1.67 bits per heavy atom. The summed E-state index contributed by atoms with van der Waals surface area (Å²) in [5, 5.41) is 5.96. The molecule has 0 aliphatic carbocycles. The second-order valence-electron chi connectivity index (χ2n) is 0.861. The van der Waals surface area contributed by atoms with E-state index in [4.69, 9.17) is 11.1 Å². The summed E-state index contributed by atoms with van der Waals surface area (Å²) >= 11 is 4.31. The molecule has 54 valence electrons. The molecule has 0 fully saturated rings. The predicted octanol–water partition coefficient (Wildman–Crippen LogP) is 1.27. The summed E-state index contributed by atoms with van der Waals surface area (Å²) in [5.74, 6) is 0. The molecule has 0 aromatic rings. The molecule has 0 aliphatic heterocycles. The molecular weight excluding hydrogens is 304 g/mol. The van der Waals surface area contributed by atoms with Crippen molar-refractivity contribution in [2.24, 2.45) is 5.73 Å². The largest absolute Gasteiger partial charge is 2.00 e. The van der Waals surface area contributed by atoms with E-state index < -0.39 is 0 Å². The molecule has 0 bridgehead atoms. The topological polar surface area (TPSA) is 49.9 Å². The fourth-order valence-electron chi connectivity index (χ4n) is 0. The zero-order valence-corrected chi connectivity index (χ0v) is 9.64. The maximum Gasteiger partial charge on any atom is 2.00 e. The van der Waals surface area contributed by atoms with Gasteiger partial charge in [0, 0.05) is 0 Å². The minimum absolute atomic E-state index is 0. The van der Waals surface area contributed by atoms with Gasteiger partial charge in [0.2, 0.25) is 0 Å². The van der Waals surface area contributed by atoms with Crippen molar-refractivity contribution in [1.29, 1.82) is 5.41 Å². The van der Waals surface area contributed by atoms with E-state index in [-0.39, 0.29) is 28.5 Å². The van der Waals surface area contributed by atoms with Crippen molar-refractivity contribution < 1.29 is 21.1 Å². The first-order valence-electron chi connectivity index (χ1n) is 1.74. The molecule has 3 N–H and O–H groups in total. The third-order valence-corrected chi connectivity index (χ3v) is 0. The van der Waals surface area contributed by atoms with Crippen LogP contribution >= 0.6 is 12.2 Å². The van der Waals surface area contributed by atoms with Crippen molar-refractivity contribution in [3.8, 4) is 0 Å². The van der Waals surface area contributed by atoms with Gasteiger partial charge in [0.25, 0.3) is 0 Å². The average molecular weight is 316 g/mol. The van der Waals surface area contributed by atoms with Crippen LogP contribution in [0.5, 0.6) is 0 Å². The maximum absolute atomic E-state index is 5.96. The van der Waals surface area contributed by atoms with E-state index in [1.54, 1.807) is 13.8 Å². The van der Waals surface area contributed by atoms with Gasteiger partial charge in [-0.3, -0.25) is 0 Å². The summed E-state index contributed by atoms with van der Waals surface area (Å²) in [5.41, 5.74) is 4.84. The Hall–Kier alpha value is 0.248. The van der Waals surface area contributed by atoms with E-state index in [1.165, 1.54) is 0 Å². The summed E-state index contributed by atoms with van der Waals surface area (Å²) in [6.45, 7) is 3.22. The zero-order valence-electron chi connectivity index (χ0n) is 5.89. The van der Waals surface area contributed by atoms with Crippen LogP contribution in [0.25, 0.3) is 0 Å². The van der Waals surface area contributed by atoms with Gasteiger partial charge in [-0.25, -0.2) is 0 Å². The van der Waals surface area contributed by atoms with Crippen molar-refractivity contribution in [2.45, 2.75) is 13.8 Å². The first-order chi connectivity index (χ1) is 3.15. The summed E-state index contributed by atoms with van der Waals surface area (Å²) in [6.07, 6.45) is 2.00. The monoisotopic (exact) mass is 316 g/mol. The molecule has 0 saturated heterocycles. The van der Waals surface area contributed by atoms with Crippen molar-refractivity contribution in [2.75, 3.05) is 0 Å². The number of nitrogens with two attached hydrogens (primary N) is 1. The van der Waals surface area contributed by atoms with Crippen LogP contribution in [0.4, 0.5) is 0 Å². The van der Waals surface area contributed by atoms with Gasteiger partial charge in [0.05, 0.1) is 4.99 Å². The van der Waals surface area contributed by atoms with Crippen molar-refractivity contribution in [3.63, 3.8) is 0 Å². The van der Waals surface area contributed by atoms with Gasteiger partial charge < -0.3 is 24.8 Å². The van der Waals surface area contributed by atoms with Crippen molar-refractivity contribution >= 4 is 23.4 Å².